The number of amides is 1. The minimum Gasteiger partial charge on any atom is -0.398 e. The Hall–Kier alpha value is -1.27. The average molecular weight is 277 g/mol. The van der Waals surface area contributed by atoms with E-state index < -0.39 is 21.5 Å². The number of carbonyl (C=O) groups is 1. The molecule has 7 heteroatoms. The second-order valence-electron chi connectivity index (χ2n) is 3.73. The van der Waals surface area contributed by atoms with Crippen molar-refractivity contribution in [2.75, 3.05) is 25.6 Å². The summed E-state index contributed by atoms with van der Waals surface area (Å²) in [6.45, 7) is 0. The summed E-state index contributed by atoms with van der Waals surface area (Å²) in [7, 11) is -0.748. The molecule has 0 aliphatic rings. The Kier molecular flexibility index (Phi) is 4.00. The zero-order valence-electron chi connectivity index (χ0n) is 9.47. The third-order valence-corrected chi connectivity index (χ3v) is 4.02. The van der Waals surface area contributed by atoms with Gasteiger partial charge in [0.05, 0.1) is 10.6 Å². The van der Waals surface area contributed by atoms with Crippen LogP contribution in [0.1, 0.15) is 0 Å². The summed E-state index contributed by atoms with van der Waals surface area (Å²) < 4.78 is 23.8. The van der Waals surface area contributed by atoms with Gasteiger partial charge in [0.2, 0.25) is 5.91 Å². The first-order valence-corrected chi connectivity index (χ1v) is 6.75. The van der Waals surface area contributed by atoms with Gasteiger partial charge in [-0.05, 0) is 18.2 Å². The van der Waals surface area contributed by atoms with Crippen molar-refractivity contribution in [3.05, 3.63) is 23.2 Å². The van der Waals surface area contributed by atoms with Gasteiger partial charge in [0.1, 0.15) is 5.75 Å². The van der Waals surface area contributed by atoms with Crippen molar-refractivity contribution < 1.29 is 13.2 Å². The lowest BCUT2D eigenvalue weighted by molar-refractivity contribution is -0.125. The standard InChI is InChI=1S/C10H13ClN2O3S/c1-13(2)10(14)6-17(15,16)9-4-3-7(11)5-8(9)12/h3-5H,6,12H2,1-2H3. The Balaban J connectivity index is 3.10. The van der Waals surface area contributed by atoms with Gasteiger partial charge in [0, 0.05) is 19.1 Å². The maximum Gasteiger partial charge on any atom is 0.237 e. The lowest BCUT2D eigenvalue weighted by Gasteiger charge is -2.11. The van der Waals surface area contributed by atoms with Crippen LogP contribution in [0.25, 0.3) is 0 Å². The third-order valence-electron chi connectivity index (χ3n) is 2.12. The Morgan fingerprint density at radius 3 is 2.47 bits per heavy atom. The first-order valence-electron chi connectivity index (χ1n) is 4.72. The summed E-state index contributed by atoms with van der Waals surface area (Å²) in [5.41, 5.74) is 5.62. The van der Waals surface area contributed by atoms with Crippen LogP contribution in [0.3, 0.4) is 0 Å². The van der Waals surface area contributed by atoms with Gasteiger partial charge < -0.3 is 10.6 Å². The summed E-state index contributed by atoms with van der Waals surface area (Å²) in [5.74, 6) is -1.11. The molecule has 0 fully saturated rings. The molecule has 0 aliphatic carbocycles. The van der Waals surface area contributed by atoms with Gasteiger partial charge in [0.15, 0.2) is 9.84 Å². The normalized spacial score (nSPS) is 11.2. The lowest BCUT2D eigenvalue weighted by Crippen LogP contribution is -2.29. The highest BCUT2D eigenvalue weighted by atomic mass is 35.5. The molecule has 0 saturated heterocycles. The van der Waals surface area contributed by atoms with Gasteiger partial charge in [-0.1, -0.05) is 11.6 Å². The number of nitrogens with zero attached hydrogens (tertiary/aromatic N) is 1. The molecule has 5 nitrogen and oxygen atoms in total. The van der Waals surface area contributed by atoms with E-state index in [1.807, 2.05) is 0 Å². The summed E-state index contributed by atoms with van der Waals surface area (Å²) in [6.07, 6.45) is 0. The number of hydrogen-bond donors (Lipinski definition) is 1. The largest absolute Gasteiger partial charge is 0.398 e. The van der Waals surface area contributed by atoms with Crippen molar-refractivity contribution in [1.82, 2.24) is 4.90 Å². The molecule has 1 aromatic carbocycles. The minimum absolute atomic E-state index is 0.0454. The molecule has 1 amide bonds. The number of anilines is 1. The van der Waals surface area contributed by atoms with Crippen molar-refractivity contribution in [3.8, 4) is 0 Å². The van der Waals surface area contributed by atoms with Crippen LogP contribution in [0.15, 0.2) is 23.1 Å². The van der Waals surface area contributed by atoms with Crippen LogP contribution in [-0.4, -0.2) is 39.1 Å². The molecule has 2 N–H and O–H groups in total. The Labute approximate surface area is 105 Å². The highest BCUT2D eigenvalue weighted by molar-refractivity contribution is 7.92. The van der Waals surface area contributed by atoms with Crippen LogP contribution in [0.4, 0.5) is 5.69 Å². The molecule has 94 valence electrons. The van der Waals surface area contributed by atoms with E-state index in [9.17, 15) is 13.2 Å². The van der Waals surface area contributed by atoms with E-state index in [1.54, 1.807) is 0 Å². The number of nitrogens with two attached hydrogens (primary N) is 1. The number of benzene rings is 1. The van der Waals surface area contributed by atoms with E-state index in [1.165, 1.54) is 37.2 Å². The molecule has 0 bridgehead atoms. The number of hydrogen-bond acceptors (Lipinski definition) is 4. The zero-order valence-corrected chi connectivity index (χ0v) is 11.0. The topological polar surface area (TPSA) is 80.5 Å². The summed E-state index contributed by atoms with van der Waals surface area (Å²) in [5, 5.41) is 0.348. The zero-order chi connectivity index (χ0) is 13.2. The van der Waals surface area contributed by atoms with Crippen molar-refractivity contribution in [3.63, 3.8) is 0 Å². The van der Waals surface area contributed by atoms with Gasteiger partial charge in [-0.25, -0.2) is 8.42 Å². The van der Waals surface area contributed by atoms with Crippen LogP contribution in [-0.2, 0) is 14.6 Å². The molecule has 17 heavy (non-hydrogen) atoms. The predicted molar refractivity (Wildman–Crippen MR) is 66.6 cm³/mol. The highest BCUT2D eigenvalue weighted by Gasteiger charge is 2.22. The molecule has 0 atom stereocenters. The fourth-order valence-electron chi connectivity index (χ4n) is 1.17. The van der Waals surface area contributed by atoms with Crippen LogP contribution in [0.5, 0.6) is 0 Å². The maximum absolute atomic E-state index is 11.9. The quantitative estimate of drug-likeness (QED) is 0.828. The smallest absolute Gasteiger partial charge is 0.237 e. The van der Waals surface area contributed by atoms with Gasteiger partial charge in [0.25, 0.3) is 0 Å². The van der Waals surface area contributed by atoms with E-state index in [4.69, 9.17) is 17.3 Å². The van der Waals surface area contributed by atoms with Crippen LogP contribution in [0, 0.1) is 0 Å². The molecule has 1 aromatic rings. The van der Waals surface area contributed by atoms with Gasteiger partial charge in [-0.15, -0.1) is 0 Å². The molecular formula is C10H13ClN2O3S. The van der Waals surface area contributed by atoms with E-state index in [2.05, 4.69) is 0 Å². The lowest BCUT2D eigenvalue weighted by atomic mass is 10.3. The molecule has 0 aliphatic heterocycles. The van der Waals surface area contributed by atoms with E-state index in [0.717, 1.165) is 0 Å². The van der Waals surface area contributed by atoms with Crippen molar-refractivity contribution >= 4 is 33.0 Å². The Bertz CT molecular complexity index is 540. The average Bonchev–Trinajstić information content (AvgIpc) is 2.15. The van der Waals surface area contributed by atoms with Gasteiger partial charge >= 0.3 is 0 Å². The fraction of sp³-hybridized carbons (Fsp3) is 0.300. The number of halogens is 1. The summed E-state index contributed by atoms with van der Waals surface area (Å²) >= 11 is 5.67. The molecule has 0 heterocycles. The molecule has 0 aromatic heterocycles. The molecular weight excluding hydrogens is 264 g/mol. The number of carbonyl (C=O) groups excluding carboxylic acids is 1. The SMILES string of the molecule is CN(C)C(=O)CS(=O)(=O)c1ccc(Cl)cc1N. The number of nitrogen functional groups attached to an aromatic ring is 1. The van der Waals surface area contributed by atoms with Crippen molar-refractivity contribution in [2.24, 2.45) is 0 Å². The molecule has 1 rings (SSSR count). The molecule has 0 saturated carbocycles. The second-order valence-corrected chi connectivity index (χ2v) is 6.12. The molecule has 0 spiro atoms. The Morgan fingerprint density at radius 1 is 1.41 bits per heavy atom. The van der Waals surface area contributed by atoms with Crippen LogP contribution in [0.2, 0.25) is 5.02 Å². The predicted octanol–water partition coefficient (Wildman–Crippen LogP) is 0.784. The monoisotopic (exact) mass is 276 g/mol. The first-order chi connectivity index (χ1) is 7.74. The Morgan fingerprint density at radius 2 is 2.00 bits per heavy atom. The molecule has 0 unspecified atom stereocenters. The van der Waals surface area contributed by atoms with Crippen molar-refractivity contribution in [1.29, 1.82) is 0 Å². The van der Waals surface area contributed by atoms with Crippen LogP contribution < -0.4 is 5.73 Å². The van der Waals surface area contributed by atoms with Gasteiger partial charge in [-0.2, -0.15) is 0 Å². The first kappa shape index (κ1) is 13.8. The fourth-order valence-corrected chi connectivity index (χ4v) is 2.78. The number of rotatable bonds is 3. The summed E-state index contributed by atoms with van der Waals surface area (Å²) in [4.78, 5) is 12.5. The van der Waals surface area contributed by atoms with E-state index >= 15 is 0 Å². The van der Waals surface area contributed by atoms with Crippen molar-refractivity contribution in [2.45, 2.75) is 4.90 Å². The van der Waals surface area contributed by atoms with E-state index in [-0.39, 0.29) is 10.6 Å². The van der Waals surface area contributed by atoms with Gasteiger partial charge in [-0.3, -0.25) is 4.79 Å². The third kappa shape index (κ3) is 3.34. The molecule has 0 radical (unpaired) electrons. The minimum atomic E-state index is -3.73. The highest BCUT2D eigenvalue weighted by Crippen LogP contribution is 2.23. The second kappa shape index (κ2) is 4.93. The maximum atomic E-state index is 11.9. The van der Waals surface area contributed by atoms with E-state index in [0.29, 0.717) is 5.02 Å². The van der Waals surface area contributed by atoms with Crippen LogP contribution >= 0.6 is 11.6 Å². The summed E-state index contributed by atoms with van der Waals surface area (Å²) in [6, 6.07) is 4.06. The number of sulfone groups is 1.